The van der Waals surface area contributed by atoms with Gasteiger partial charge in [-0.15, -0.1) is 24.0 Å². The molecule has 0 aliphatic carbocycles. The van der Waals surface area contributed by atoms with Gasteiger partial charge in [-0.2, -0.15) is 0 Å². The smallest absolute Gasteiger partial charge is 0.305 e. The van der Waals surface area contributed by atoms with Crippen LogP contribution >= 0.6 is 24.0 Å². The molecule has 2 N–H and O–H groups in total. The largest absolute Gasteiger partial charge is 0.489 e. The summed E-state index contributed by atoms with van der Waals surface area (Å²) in [5, 5.41) is 6.38. The molecule has 0 aliphatic rings. The Bertz CT molecular complexity index is 558. The van der Waals surface area contributed by atoms with Gasteiger partial charge in [-0.1, -0.05) is 12.5 Å². The van der Waals surface area contributed by atoms with Gasteiger partial charge in [0.2, 0.25) is 0 Å². The molecule has 1 aromatic carbocycles. The number of nitrogens with zero attached hydrogens (tertiary/aromatic N) is 1. The summed E-state index contributed by atoms with van der Waals surface area (Å²) in [6.45, 7) is 3.20. The monoisotopic (exact) mass is 481 g/mol. The van der Waals surface area contributed by atoms with Crippen molar-refractivity contribution in [1.82, 2.24) is 10.6 Å². The van der Waals surface area contributed by atoms with Crippen LogP contribution in [0.1, 0.15) is 32.6 Å². The van der Waals surface area contributed by atoms with E-state index in [1.54, 1.807) is 19.2 Å². The number of hydrogen-bond donors (Lipinski definition) is 2. The molecule has 0 saturated carbocycles. The number of nitrogens with one attached hydrogen (secondary N) is 2. The summed E-state index contributed by atoms with van der Waals surface area (Å²) in [7, 11) is 3.10. The van der Waals surface area contributed by atoms with Gasteiger partial charge >= 0.3 is 5.97 Å². The number of ether oxygens (including phenoxy) is 2. The van der Waals surface area contributed by atoms with Gasteiger partial charge in [0.25, 0.3) is 0 Å². The molecule has 1 rings (SSSR count). The maximum Gasteiger partial charge on any atom is 0.305 e. The van der Waals surface area contributed by atoms with Gasteiger partial charge < -0.3 is 20.1 Å². The second-order valence-corrected chi connectivity index (χ2v) is 5.65. The average molecular weight is 481 g/mol. The Balaban J connectivity index is 0.00000625. The first-order valence-corrected chi connectivity index (χ1v) is 8.48. The van der Waals surface area contributed by atoms with E-state index in [2.05, 4.69) is 20.4 Å². The summed E-state index contributed by atoms with van der Waals surface area (Å²) in [5.74, 6) is 0.700. The number of hydrogen-bond acceptors (Lipinski definition) is 4. The Labute approximate surface area is 172 Å². The number of aliphatic imine (C=N–C) groups is 1. The number of halogens is 2. The minimum Gasteiger partial charge on any atom is -0.489 e. The van der Waals surface area contributed by atoms with Crippen molar-refractivity contribution >= 4 is 35.9 Å². The highest BCUT2D eigenvalue weighted by Crippen LogP contribution is 2.13. The van der Waals surface area contributed by atoms with E-state index in [9.17, 15) is 9.18 Å². The van der Waals surface area contributed by atoms with E-state index in [1.165, 1.54) is 19.2 Å². The quantitative estimate of drug-likeness (QED) is 0.177. The van der Waals surface area contributed by atoms with E-state index in [1.807, 2.05) is 6.92 Å². The molecule has 0 aliphatic heterocycles. The zero-order valence-electron chi connectivity index (χ0n) is 15.6. The molecule has 0 radical (unpaired) electrons. The van der Waals surface area contributed by atoms with E-state index < -0.39 is 0 Å². The third-order valence-corrected chi connectivity index (χ3v) is 3.49. The Kier molecular flexibility index (Phi) is 13.7. The molecular weight excluding hydrogens is 452 g/mol. The zero-order valence-corrected chi connectivity index (χ0v) is 17.9. The summed E-state index contributed by atoms with van der Waals surface area (Å²) in [5.41, 5.74) is 0. The van der Waals surface area contributed by atoms with Gasteiger partial charge in [0.15, 0.2) is 5.96 Å². The molecule has 8 heteroatoms. The molecule has 0 fully saturated rings. The van der Waals surface area contributed by atoms with Crippen LogP contribution in [0.5, 0.6) is 5.75 Å². The first kappa shape index (κ1) is 24.4. The van der Waals surface area contributed by atoms with Crippen molar-refractivity contribution in [2.45, 2.75) is 38.7 Å². The van der Waals surface area contributed by atoms with Crippen molar-refractivity contribution < 1.29 is 18.7 Å². The molecule has 1 atom stereocenters. The predicted molar refractivity (Wildman–Crippen MR) is 112 cm³/mol. The molecule has 26 heavy (non-hydrogen) atoms. The van der Waals surface area contributed by atoms with E-state index in [-0.39, 0.29) is 41.9 Å². The van der Waals surface area contributed by atoms with Crippen LogP contribution in [0.25, 0.3) is 0 Å². The number of guanidine groups is 1. The van der Waals surface area contributed by atoms with E-state index in [0.717, 1.165) is 25.8 Å². The summed E-state index contributed by atoms with van der Waals surface area (Å²) in [6, 6.07) is 6.08. The number of unbranched alkanes of at least 4 members (excludes halogenated alkanes) is 2. The van der Waals surface area contributed by atoms with E-state index >= 15 is 0 Å². The van der Waals surface area contributed by atoms with Gasteiger partial charge in [0.05, 0.1) is 13.7 Å². The highest BCUT2D eigenvalue weighted by molar-refractivity contribution is 14.0. The molecule has 1 unspecified atom stereocenters. The Morgan fingerprint density at radius 2 is 2.04 bits per heavy atom. The van der Waals surface area contributed by atoms with Gasteiger partial charge in [0, 0.05) is 26.1 Å². The number of carbonyl (C=O) groups is 1. The van der Waals surface area contributed by atoms with Crippen molar-refractivity contribution in [2.24, 2.45) is 4.99 Å². The Morgan fingerprint density at radius 3 is 2.69 bits per heavy atom. The van der Waals surface area contributed by atoms with Gasteiger partial charge in [-0.05, 0) is 31.9 Å². The van der Waals surface area contributed by atoms with Crippen molar-refractivity contribution in [2.75, 3.05) is 27.2 Å². The first-order valence-electron chi connectivity index (χ1n) is 8.48. The standard InChI is InChI=1S/C18H28FN3O3.HI/c1-14(25-16-9-7-8-15(19)12-16)13-22-18(20-2)21-11-6-4-5-10-17(23)24-3;/h7-9,12,14H,4-6,10-11,13H2,1-3H3,(H2,20,21,22);1H. The van der Waals surface area contributed by atoms with Gasteiger partial charge in [-0.25, -0.2) is 4.39 Å². The first-order chi connectivity index (χ1) is 12.0. The third kappa shape index (κ3) is 11.1. The number of benzene rings is 1. The van der Waals surface area contributed by atoms with Gasteiger partial charge in [0.1, 0.15) is 17.7 Å². The zero-order chi connectivity index (χ0) is 18.5. The molecule has 148 valence electrons. The number of methoxy groups -OCH3 is 1. The maximum absolute atomic E-state index is 13.1. The molecular formula is C18H29FIN3O3. The van der Waals surface area contributed by atoms with Crippen molar-refractivity contribution in [3.05, 3.63) is 30.1 Å². The topological polar surface area (TPSA) is 72.0 Å². The van der Waals surface area contributed by atoms with Crippen LogP contribution in [0.2, 0.25) is 0 Å². The lowest BCUT2D eigenvalue weighted by Gasteiger charge is -2.17. The minimum absolute atomic E-state index is 0. The second-order valence-electron chi connectivity index (χ2n) is 5.65. The molecule has 0 heterocycles. The third-order valence-electron chi connectivity index (χ3n) is 3.49. The van der Waals surface area contributed by atoms with Crippen LogP contribution in [0.15, 0.2) is 29.3 Å². The second kappa shape index (κ2) is 14.6. The highest BCUT2D eigenvalue weighted by Gasteiger charge is 2.06. The van der Waals surface area contributed by atoms with Crippen LogP contribution in [0, 0.1) is 5.82 Å². The molecule has 0 aromatic heterocycles. The Morgan fingerprint density at radius 1 is 1.27 bits per heavy atom. The van der Waals surface area contributed by atoms with Crippen LogP contribution in [0.4, 0.5) is 4.39 Å². The summed E-state index contributed by atoms with van der Waals surface area (Å²) in [6.07, 6.45) is 3.02. The SMILES string of the molecule is CN=C(NCCCCCC(=O)OC)NCC(C)Oc1cccc(F)c1.I. The normalized spacial score (nSPS) is 11.9. The lowest BCUT2D eigenvalue weighted by atomic mass is 10.2. The lowest BCUT2D eigenvalue weighted by Crippen LogP contribution is -2.42. The maximum atomic E-state index is 13.1. The van der Waals surface area contributed by atoms with Crippen LogP contribution in [-0.2, 0) is 9.53 Å². The van der Waals surface area contributed by atoms with Gasteiger partial charge in [-0.3, -0.25) is 9.79 Å². The fraction of sp³-hybridized carbons (Fsp3) is 0.556. The Hall–Kier alpha value is -1.58. The molecule has 1 aromatic rings. The molecule has 0 amide bonds. The summed E-state index contributed by atoms with van der Waals surface area (Å²) >= 11 is 0. The number of rotatable bonds is 10. The molecule has 0 bridgehead atoms. The highest BCUT2D eigenvalue weighted by atomic mass is 127. The van der Waals surface area contributed by atoms with Crippen LogP contribution in [0.3, 0.4) is 0 Å². The lowest BCUT2D eigenvalue weighted by molar-refractivity contribution is -0.140. The molecule has 6 nitrogen and oxygen atoms in total. The van der Waals surface area contributed by atoms with E-state index in [0.29, 0.717) is 24.7 Å². The fourth-order valence-electron chi connectivity index (χ4n) is 2.16. The van der Waals surface area contributed by atoms with Crippen LogP contribution < -0.4 is 15.4 Å². The van der Waals surface area contributed by atoms with Crippen molar-refractivity contribution in [3.63, 3.8) is 0 Å². The van der Waals surface area contributed by atoms with E-state index in [4.69, 9.17) is 4.74 Å². The van der Waals surface area contributed by atoms with Crippen LogP contribution in [-0.4, -0.2) is 45.3 Å². The minimum atomic E-state index is -0.317. The summed E-state index contributed by atoms with van der Waals surface area (Å²) in [4.78, 5) is 15.1. The number of carbonyl (C=O) groups excluding carboxylic acids is 1. The fourth-order valence-corrected chi connectivity index (χ4v) is 2.16. The molecule has 0 saturated heterocycles. The predicted octanol–water partition coefficient (Wildman–Crippen LogP) is 3.11. The average Bonchev–Trinajstić information content (AvgIpc) is 2.60. The summed E-state index contributed by atoms with van der Waals surface area (Å²) < 4.78 is 23.4. The van der Waals surface area contributed by atoms with Crippen molar-refractivity contribution in [3.8, 4) is 5.75 Å². The number of esters is 1. The van der Waals surface area contributed by atoms with Crippen molar-refractivity contribution in [1.29, 1.82) is 0 Å². The molecule has 0 spiro atoms.